The lowest BCUT2D eigenvalue weighted by atomic mass is 10.4. The lowest BCUT2D eigenvalue weighted by molar-refractivity contribution is 0.962. The van der Waals surface area contributed by atoms with E-state index in [-0.39, 0.29) is 0 Å². The second-order valence-electron chi connectivity index (χ2n) is 2.11. The summed E-state index contributed by atoms with van der Waals surface area (Å²) in [5, 5.41) is 2.92. The molecule has 0 radical (unpaired) electrons. The number of nitrogens with zero attached hydrogens (tertiary/aromatic N) is 2. The van der Waals surface area contributed by atoms with Crippen LogP contribution in [0.25, 0.3) is 0 Å². The molecule has 0 bridgehead atoms. The first-order valence-electron chi connectivity index (χ1n) is 3.55. The summed E-state index contributed by atoms with van der Waals surface area (Å²) in [4.78, 5) is 8.07. The molecule has 0 aliphatic heterocycles. The highest BCUT2D eigenvalue weighted by Crippen LogP contribution is 2.05. The van der Waals surface area contributed by atoms with Crippen molar-refractivity contribution in [1.82, 2.24) is 9.97 Å². The molecule has 0 aliphatic carbocycles. The molecule has 0 aromatic carbocycles. The summed E-state index contributed by atoms with van der Waals surface area (Å²) in [7, 11) is 0. The van der Waals surface area contributed by atoms with Crippen molar-refractivity contribution in [3.63, 3.8) is 0 Å². The van der Waals surface area contributed by atoms with Gasteiger partial charge in [0.25, 0.3) is 0 Å². The Kier molecular flexibility index (Phi) is 3.05. The Morgan fingerprint density at radius 2 is 2.25 bits per heavy atom. The fraction of sp³-hybridized carbons (Fsp3) is 0.250. The number of terminal acetylenes is 1. The van der Waals surface area contributed by atoms with E-state index in [9.17, 15) is 0 Å². The summed E-state index contributed by atoms with van der Waals surface area (Å²) in [5.41, 5.74) is 6.16. The zero-order valence-corrected chi connectivity index (χ0v) is 6.62. The van der Waals surface area contributed by atoms with Gasteiger partial charge in [0.05, 0.1) is 12.2 Å². The highest BCUT2D eigenvalue weighted by atomic mass is 15.0. The van der Waals surface area contributed by atoms with Crippen LogP contribution in [-0.4, -0.2) is 16.5 Å². The third kappa shape index (κ3) is 1.94. The van der Waals surface area contributed by atoms with Crippen molar-refractivity contribution in [2.75, 3.05) is 11.9 Å². The monoisotopic (exact) mass is 162 g/mol. The maximum atomic E-state index is 5.43. The Balaban J connectivity index is 2.76. The van der Waals surface area contributed by atoms with Crippen LogP contribution in [-0.2, 0) is 6.54 Å². The quantitative estimate of drug-likeness (QED) is 0.613. The maximum absolute atomic E-state index is 5.43. The van der Waals surface area contributed by atoms with E-state index in [0.29, 0.717) is 18.9 Å². The zero-order chi connectivity index (χ0) is 8.81. The van der Waals surface area contributed by atoms with Gasteiger partial charge < -0.3 is 11.1 Å². The van der Waals surface area contributed by atoms with Gasteiger partial charge in [-0.2, -0.15) is 0 Å². The predicted octanol–water partition coefficient (Wildman–Crippen LogP) is -0.0196. The Morgan fingerprint density at radius 3 is 2.92 bits per heavy atom. The summed E-state index contributed by atoms with van der Waals surface area (Å²) >= 11 is 0. The number of hydrogen-bond acceptors (Lipinski definition) is 4. The summed E-state index contributed by atoms with van der Waals surface area (Å²) in [6, 6.07) is 0. The van der Waals surface area contributed by atoms with Gasteiger partial charge in [-0.05, 0) is 0 Å². The Hall–Kier alpha value is -1.60. The summed E-state index contributed by atoms with van der Waals surface area (Å²) < 4.78 is 0. The van der Waals surface area contributed by atoms with Crippen molar-refractivity contribution in [2.24, 2.45) is 5.73 Å². The van der Waals surface area contributed by atoms with Crippen LogP contribution in [0.2, 0.25) is 0 Å². The molecule has 0 spiro atoms. The molecular formula is C8H10N4. The molecule has 0 atom stereocenters. The Labute approximate surface area is 71.2 Å². The molecule has 3 N–H and O–H groups in total. The lowest BCUT2D eigenvalue weighted by Crippen LogP contribution is -2.09. The second-order valence-corrected chi connectivity index (χ2v) is 2.11. The normalized spacial score (nSPS) is 9.00. The maximum Gasteiger partial charge on any atom is 0.149 e. The van der Waals surface area contributed by atoms with Gasteiger partial charge in [-0.25, -0.2) is 4.98 Å². The highest BCUT2D eigenvalue weighted by molar-refractivity contribution is 5.40. The van der Waals surface area contributed by atoms with E-state index in [4.69, 9.17) is 12.2 Å². The van der Waals surface area contributed by atoms with Crippen LogP contribution in [0, 0.1) is 12.3 Å². The van der Waals surface area contributed by atoms with Gasteiger partial charge >= 0.3 is 0 Å². The van der Waals surface area contributed by atoms with Crippen molar-refractivity contribution in [1.29, 1.82) is 0 Å². The third-order valence-corrected chi connectivity index (χ3v) is 1.33. The molecule has 12 heavy (non-hydrogen) atoms. The average molecular weight is 162 g/mol. The van der Waals surface area contributed by atoms with Crippen molar-refractivity contribution >= 4 is 5.82 Å². The van der Waals surface area contributed by atoms with Gasteiger partial charge in [0.2, 0.25) is 0 Å². The van der Waals surface area contributed by atoms with E-state index >= 15 is 0 Å². The number of aromatic nitrogens is 2. The van der Waals surface area contributed by atoms with Crippen molar-refractivity contribution in [3.8, 4) is 12.3 Å². The fourth-order valence-corrected chi connectivity index (χ4v) is 0.799. The minimum atomic E-state index is 0.362. The van der Waals surface area contributed by atoms with Gasteiger partial charge in [-0.15, -0.1) is 6.42 Å². The fourth-order valence-electron chi connectivity index (χ4n) is 0.799. The van der Waals surface area contributed by atoms with Gasteiger partial charge in [-0.3, -0.25) is 4.98 Å². The van der Waals surface area contributed by atoms with E-state index in [0.717, 1.165) is 5.69 Å². The number of nitrogens with one attached hydrogen (secondary N) is 1. The highest BCUT2D eigenvalue weighted by Gasteiger charge is 1.99. The van der Waals surface area contributed by atoms with Gasteiger partial charge in [0, 0.05) is 18.9 Å². The Bertz CT molecular complexity index is 289. The molecule has 0 saturated heterocycles. The van der Waals surface area contributed by atoms with Crippen LogP contribution in [0.5, 0.6) is 0 Å². The predicted molar refractivity (Wildman–Crippen MR) is 47.2 cm³/mol. The molecule has 1 aromatic rings. The van der Waals surface area contributed by atoms with Gasteiger partial charge in [0.1, 0.15) is 5.82 Å². The van der Waals surface area contributed by atoms with Crippen LogP contribution in [0.3, 0.4) is 0 Å². The first-order chi connectivity index (χ1) is 5.88. The van der Waals surface area contributed by atoms with Crippen LogP contribution in [0.1, 0.15) is 5.69 Å². The van der Waals surface area contributed by atoms with Crippen molar-refractivity contribution < 1.29 is 0 Å². The molecule has 62 valence electrons. The van der Waals surface area contributed by atoms with E-state index < -0.39 is 0 Å². The molecule has 0 saturated carbocycles. The number of hydrogen-bond donors (Lipinski definition) is 2. The lowest BCUT2D eigenvalue weighted by Gasteiger charge is -2.04. The first-order valence-corrected chi connectivity index (χ1v) is 3.55. The van der Waals surface area contributed by atoms with E-state index in [1.807, 2.05) is 0 Å². The molecule has 4 nitrogen and oxygen atoms in total. The zero-order valence-electron chi connectivity index (χ0n) is 6.62. The van der Waals surface area contributed by atoms with Crippen LogP contribution in [0.4, 0.5) is 5.82 Å². The minimum absolute atomic E-state index is 0.362. The van der Waals surface area contributed by atoms with Crippen LogP contribution < -0.4 is 11.1 Å². The van der Waals surface area contributed by atoms with E-state index in [1.165, 1.54) is 0 Å². The summed E-state index contributed by atoms with van der Waals surface area (Å²) in [5.74, 6) is 3.11. The first kappa shape index (κ1) is 8.50. The average Bonchev–Trinajstić information content (AvgIpc) is 2.15. The van der Waals surface area contributed by atoms with Gasteiger partial charge in [-0.1, -0.05) is 5.92 Å². The topological polar surface area (TPSA) is 63.8 Å². The SMILES string of the molecule is C#CCNc1nccnc1CN. The molecular weight excluding hydrogens is 152 g/mol. The largest absolute Gasteiger partial charge is 0.358 e. The standard InChI is InChI=1S/C8H10N4/c1-2-3-11-8-7(6-9)10-4-5-12-8/h1,4-5H,3,6,9H2,(H,11,12). The van der Waals surface area contributed by atoms with E-state index in [2.05, 4.69) is 21.2 Å². The summed E-state index contributed by atoms with van der Waals surface area (Å²) in [6.07, 6.45) is 8.27. The molecule has 0 aliphatic rings. The summed E-state index contributed by atoms with van der Waals surface area (Å²) in [6.45, 7) is 0.798. The van der Waals surface area contributed by atoms with Crippen molar-refractivity contribution in [3.05, 3.63) is 18.1 Å². The molecule has 1 heterocycles. The second kappa shape index (κ2) is 4.31. The number of nitrogens with two attached hydrogens (primary N) is 1. The number of anilines is 1. The van der Waals surface area contributed by atoms with Crippen molar-refractivity contribution in [2.45, 2.75) is 6.54 Å². The Morgan fingerprint density at radius 1 is 1.50 bits per heavy atom. The third-order valence-electron chi connectivity index (χ3n) is 1.33. The molecule has 0 unspecified atom stereocenters. The molecule has 0 fully saturated rings. The molecule has 1 rings (SSSR count). The smallest absolute Gasteiger partial charge is 0.149 e. The molecule has 1 aromatic heterocycles. The van der Waals surface area contributed by atoms with E-state index in [1.54, 1.807) is 12.4 Å². The molecule has 4 heteroatoms. The van der Waals surface area contributed by atoms with Crippen LogP contribution >= 0.6 is 0 Å². The van der Waals surface area contributed by atoms with Crippen LogP contribution in [0.15, 0.2) is 12.4 Å². The molecule has 0 amide bonds. The minimum Gasteiger partial charge on any atom is -0.358 e. The number of rotatable bonds is 3. The van der Waals surface area contributed by atoms with Gasteiger partial charge in [0.15, 0.2) is 0 Å².